The summed E-state index contributed by atoms with van der Waals surface area (Å²) in [4.78, 5) is 39.4. The molecule has 3 aromatic rings. The molecule has 1 saturated heterocycles. The number of anilines is 1. The molecule has 1 fully saturated rings. The molecule has 1 atom stereocenters. The Hall–Kier alpha value is -4.70. The van der Waals surface area contributed by atoms with Gasteiger partial charge in [-0.05, 0) is 67.4 Å². The van der Waals surface area contributed by atoms with Gasteiger partial charge in [0.1, 0.15) is 11.5 Å². The van der Waals surface area contributed by atoms with E-state index in [1.54, 1.807) is 54.6 Å². The van der Waals surface area contributed by atoms with E-state index in [0.717, 1.165) is 11.1 Å². The van der Waals surface area contributed by atoms with Crippen LogP contribution in [-0.2, 0) is 14.4 Å². The minimum absolute atomic E-state index is 0.0759. The van der Waals surface area contributed by atoms with Gasteiger partial charge in [0.2, 0.25) is 0 Å². The smallest absolute Gasteiger partial charge is 0.308 e. The van der Waals surface area contributed by atoms with E-state index in [-0.39, 0.29) is 17.1 Å². The molecular formula is C28H22N2O5. The first kappa shape index (κ1) is 23.5. The average molecular weight is 466 g/mol. The van der Waals surface area contributed by atoms with Crippen LogP contribution in [0.5, 0.6) is 5.75 Å². The zero-order valence-electron chi connectivity index (χ0n) is 19.4. The van der Waals surface area contributed by atoms with Crippen molar-refractivity contribution >= 4 is 29.1 Å². The summed E-state index contributed by atoms with van der Waals surface area (Å²) in [5, 5.41) is 20.5. The number of benzene rings is 3. The second-order valence-corrected chi connectivity index (χ2v) is 8.31. The summed E-state index contributed by atoms with van der Waals surface area (Å²) >= 11 is 0. The van der Waals surface area contributed by atoms with E-state index in [1.807, 2.05) is 32.0 Å². The van der Waals surface area contributed by atoms with Crippen LogP contribution in [0.15, 0.2) is 72.3 Å². The zero-order chi connectivity index (χ0) is 25.3. The number of nitrogens with zero attached hydrogens (tertiary/aromatic N) is 2. The number of aryl methyl sites for hydroxylation is 2. The molecule has 3 aromatic carbocycles. The van der Waals surface area contributed by atoms with Crippen LogP contribution >= 0.6 is 0 Å². The van der Waals surface area contributed by atoms with E-state index in [0.29, 0.717) is 22.4 Å². The SMILES string of the molecule is CC(=O)Oc1cccc(C2/C(=C(\O)c3cc(C)ccc3C)C(=O)C(=O)N2c2ccc(C#N)cc2)c1. The number of hydrogen-bond donors (Lipinski definition) is 1. The molecule has 0 aliphatic carbocycles. The highest BCUT2D eigenvalue weighted by atomic mass is 16.5. The summed E-state index contributed by atoms with van der Waals surface area (Å²) in [6, 6.07) is 19.2. The van der Waals surface area contributed by atoms with Crippen molar-refractivity contribution in [1.82, 2.24) is 0 Å². The predicted octanol–water partition coefficient (Wildman–Crippen LogP) is 4.73. The van der Waals surface area contributed by atoms with Gasteiger partial charge in [0, 0.05) is 18.2 Å². The molecule has 35 heavy (non-hydrogen) atoms. The fourth-order valence-electron chi connectivity index (χ4n) is 4.16. The Labute approximate surface area is 202 Å². The summed E-state index contributed by atoms with van der Waals surface area (Å²) in [5.41, 5.74) is 3.25. The lowest BCUT2D eigenvalue weighted by Crippen LogP contribution is -2.29. The number of carbonyl (C=O) groups excluding carboxylic acids is 3. The Balaban J connectivity index is 1.97. The number of hydrogen-bond acceptors (Lipinski definition) is 6. The van der Waals surface area contributed by atoms with E-state index in [4.69, 9.17) is 10.00 Å². The molecule has 0 aromatic heterocycles. The fourth-order valence-corrected chi connectivity index (χ4v) is 4.16. The average Bonchev–Trinajstić information content (AvgIpc) is 3.10. The minimum Gasteiger partial charge on any atom is -0.507 e. The van der Waals surface area contributed by atoms with Crippen LogP contribution in [-0.4, -0.2) is 22.8 Å². The molecule has 1 N–H and O–H groups in total. The Morgan fingerprint density at radius 2 is 1.74 bits per heavy atom. The minimum atomic E-state index is -0.988. The van der Waals surface area contributed by atoms with Gasteiger partial charge in [0.25, 0.3) is 11.7 Å². The molecule has 174 valence electrons. The lowest BCUT2D eigenvalue weighted by atomic mass is 9.93. The Kier molecular flexibility index (Phi) is 6.22. The summed E-state index contributed by atoms with van der Waals surface area (Å²) in [6.45, 7) is 4.95. The third-order valence-electron chi connectivity index (χ3n) is 5.80. The Bertz CT molecular complexity index is 1430. The van der Waals surface area contributed by atoms with Crippen LogP contribution in [0.3, 0.4) is 0 Å². The summed E-state index contributed by atoms with van der Waals surface area (Å²) < 4.78 is 5.21. The maximum Gasteiger partial charge on any atom is 0.308 e. The van der Waals surface area contributed by atoms with Gasteiger partial charge in [-0.25, -0.2) is 0 Å². The van der Waals surface area contributed by atoms with Crippen molar-refractivity contribution in [2.24, 2.45) is 0 Å². The lowest BCUT2D eigenvalue weighted by Gasteiger charge is -2.26. The van der Waals surface area contributed by atoms with Gasteiger partial charge in [-0.1, -0.05) is 29.8 Å². The van der Waals surface area contributed by atoms with E-state index in [1.165, 1.54) is 11.8 Å². The van der Waals surface area contributed by atoms with Crippen LogP contribution in [0, 0.1) is 25.2 Å². The van der Waals surface area contributed by atoms with E-state index in [2.05, 4.69) is 0 Å². The molecule has 1 aliphatic heterocycles. The van der Waals surface area contributed by atoms with Crippen molar-refractivity contribution in [3.05, 3.63) is 100 Å². The van der Waals surface area contributed by atoms with Gasteiger partial charge < -0.3 is 9.84 Å². The molecule has 1 heterocycles. The maximum atomic E-state index is 13.3. The van der Waals surface area contributed by atoms with Crippen LogP contribution in [0.1, 0.15) is 40.8 Å². The molecule has 1 unspecified atom stereocenters. The topological polar surface area (TPSA) is 108 Å². The monoisotopic (exact) mass is 466 g/mol. The largest absolute Gasteiger partial charge is 0.507 e. The standard InChI is InChI=1S/C28H22N2O5/c1-16-7-8-17(2)23(13-16)26(32)24-25(20-5-4-6-22(14-20)35-18(3)31)30(28(34)27(24)33)21-11-9-19(15-29)10-12-21/h4-14,25,32H,1-3H3/b26-24+. The molecule has 7 nitrogen and oxygen atoms in total. The van der Waals surface area contributed by atoms with Crippen molar-refractivity contribution in [2.45, 2.75) is 26.8 Å². The van der Waals surface area contributed by atoms with E-state index < -0.39 is 23.7 Å². The Morgan fingerprint density at radius 1 is 1.03 bits per heavy atom. The van der Waals surface area contributed by atoms with Crippen LogP contribution in [0.4, 0.5) is 5.69 Å². The van der Waals surface area contributed by atoms with Crippen molar-refractivity contribution in [3.63, 3.8) is 0 Å². The predicted molar refractivity (Wildman–Crippen MR) is 130 cm³/mol. The lowest BCUT2D eigenvalue weighted by molar-refractivity contribution is -0.132. The molecule has 0 saturated carbocycles. The molecular weight excluding hydrogens is 444 g/mol. The maximum absolute atomic E-state index is 13.3. The van der Waals surface area contributed by atoms with Gasteiger partial charge in [-0.15, -0.1) is 0 Å². The third kappa shape index (κ3) is 4.42. The third-order valence-corrected chi connectivity index (χ3v) is 5.80. The van der Waals surface area contributed by atoms with Gasteiger partial charge >= 0.3 is 5.97 Å². The van der Waals surface area contributed by atoms with Crippen molar-refractivity contribution in [3.8, 4) is 11.8 Å². The number of ether oxygens (including phenoxy) is 1. The number of aliphatic hydroxyl groups excluding tert-OH is 1. The summed E-state index contributed by atoms with van der Waals surface area (Å²) in [6.07, 6.45) is 0. The number of aliphatic hydroxyl groups is 1. The normalized spacial score (nSPS) is 16.7. The number of rotatable bonds is 4. The number of Topliss-reactive ketones (excluding diaryl/α,β-unsaturated/α-hetero) is 1. The van der Waals surface area contributed by atoms with Crippen LogP contribution in [0.2, 0.25) is 0 Å². The molecule has 0 bridgehead atoms. The quantitative estimate of drug-likeness (QED) is 0.196. The van der Waals surface area contributed by atoms with Crippen molar-refractivity contribution in [2.75, 3.05) is 4.90 Å². The number of esters is 1. The highest BCUT2D eigenvalue weighted by Gasteiger charge is 2.47. The fraction of sp³-hybridized carbons (Fsp3) is 0.143. The van der Waals surface area contributed by atoms with Gasteiger partial charge in [0.05, 0.1) is 23.2 Å². The van der Waals surface area contributed by atoms with Crippen molar-refractivity contribution in [1.29, 1.82) is 5.26 Å². The van der Waals surface area contributed by atoms with Crippen molar-refractivity contribution < 1.29 is 24.2 Å². The summed E-state index contributed by atoms with van der Waals surface area (Å²) in [7, 11) is 0. The first-order valence-electron chi connectivity index (χ1n) is 10.9. The zero-order valence-corrected chi connectivity index (χ0v) is 19.4. The van der Waals surface area contributed by atoms with Crippen LogP contribution < -0.4 is 9.64 Å². The van der Waals surface area contributed by atoms with Gasteiger partial charge in [0.15, 0.2) is 0 Å². The summed E-state index contributed by atoms with van der Waals surface area (Å²) in [5.74, 6) is -2.21. The first-order chi connectivity index (χ1) is 16.7. The number of ketones is 1. The number of nitriles is 1. The molecule has 7 heteroatoms. The number of carbonyl (C=O) groups is 3. The molecule has 0 spiro atoms. The Morgan fingerprint density at radius 3 is 2.40 bits per heavy atom. The molecule has 1 amide bonds. The van der Waals surface area contributed by atoms with Gasteiger partial charge in [-0.3, -0.25) is 19.3 Å². The van der Waals surface area contributed by atoms with E-state index >= 15 is 0 Å². The van der Waals surface area contributed by atoms with Crippen LogP contribution in [0.25, 0.3) is 5.76 Å². The van der Waals surface area contributed by atoms with Gasteiger partial charge in [-0.2, -0.15) is 5.26 Å². The molecule has 0 radical (unpaired) electrons. The molecule has 1 aliphatic rings. The number of amides is 1. The van der Waals surface area contributed by atoms with E-state index in [9.17, 15) is 19.5 Å². The second-order valence-electron chi connectivity index (χ2n) is 8.31. The highest BCUT2D eigenvalue weighted by molar-refractivity contribution is 6.51. The second kappa shape index (κ2) is 9.27. The molecule has 4 rings (SSSR count). The first-order valence-corrected chi connectivity index (χ1v) is 10.9. The highest BCUT2D eigenvalue weighted by Crippen LogP contribution is 2.43.